The highest BCUT2D eigenvalue weighted by Gasteiger charge is 2.48. The minimum atomic E-state index is -0.840. The molecule has 5 rings (SSSR count). The normalized spacial score (nSPS) is 19.6. The molecule has 136 valence electrons. The van der Waals surface area contributed by atoms with Gasteiger partial charge >= 0.3 is 0 Å². The zero-order valence-corrected chi connectivity index (χ0v) is 16.8. The molecule has 0 aliphatic carbocycles. The zero-order chi connectivity index (χ0) is 18.8. The van der Waals surface area contributed by atoms with E-state index < -0.39 is 5.72 Å². The molecule has 3 aromatic rings. The van der Waals surface area contributed by atoms with Gasteiger partial charge in [0.25, 0.3) is 0 Å². The van der Waals surface area contributed by atoms with Crippen LogP contribution >= 0.6 is 15.9 Å². The van der Waals surface area contributed by atoms with Crippen molar-refractivity contribution in [3.05, 3.63) is 75.6 Å². The summed E-state index contributed by atoms with van der Waals surface area (Å²) in [6.07, 6.45) is 1.97. The Morgan fingerprint density at radius 2 is 1.89 bits per heavy atom. The van der Waals surface area contributed by atoms with Crippen molar-refractivity contribution in [2.24, 2.45) is 0 Å². The number of aryl methyl sites for hydroxylation is 2. The Kier molecular flexibility index (Phi) is 3.43. The van der Waals surface area contributed by atoms with Crippen molar-refractivity contribution in [2.45, 2.75) is 26.5 Å². The standard InChI is InChI=1S/C21H18BrN3O2/c1-12-9-16(22)19-17(10-12)23-21(27-19)11-13(2)26-20-18(21)14(3)24-25(20)15-7-5-4-6-8-15/h4-11,23H,1-3H3. The maximum atomic E-state index is 6.48. The second kappa shape index (κ2) is 5.63. The number of fused-ring (bicyclic) bond motifs is 3. The summed E-state index contributed by atoms with van der Waals surface area (Å²) in [5.74, 6) is 2.23. The fraction of sp³-hybridized carbons (Fsp3) is 0.190. The van der Waals surface area contributed by atoms with Gasteiger partial charge in [0.2, 0.25) is 11.6 Å². The van der Waals surface area contributed by atoms with Gasteiger partial charge in [-0.25, -0.2) is 4.68 Å². The number of nitrogens with one attached hydrogen (secondary N) is 1. The van der Waals surface area contributed by atoms with E-state index in [0.29, 0.717) is 5.88 Å². The number of nitrogens with zero attached hydrogens (tertiary/aromatic N) is 2. The van der Waals surface area contributed by atoms with Gasteiger partial charge < -0.3 is 14.8 Å². The van der Waals surface area contributed by atoms with Crippen molar-refractivity contribution in [1.82, 2.24) is 9.78 Å². The third kappa shape index (κ3) is 2.40. The first-order valence-corrected chi connectivity index (χ1v) is 9.56. The van der Waals surface area contributed by atoms with Crippen LogP contribution in [0.1, 0.15) is 23.7 Å². The molecular formula is C21H18BrN3O2. The summed E-state index contributed by atoms with van der Waals surface area (Å²) >= 11 is 3.63. The van der Waals surface area contributed by atoms with Gasteiger partial charge in [0, 0.05) is 6.08 Å². The van der Waals surface area contributed by atoms with Crippen LogP contribution in [0.15, 0.2) is 58.8 Å². The Bertz CT molecular complexity index is 1100. The van der Waals surface area contributed by atoms with Crippen LogP contribution < -0.4 is 14.8 Å². The highest BCUT2D eigenvalue weighted by atomic mass is 79.9. The van der Waals surface area contributed by atoms with Crippen molar-refractivity contribution in [1.29, 1.82) is 0 Å². The van der Waals surface area contributed by atoms with Crippen LogP contribution in [0.2, 0.25) is 0 Å². The number of halogens is 1. The lowest BCUT2D eigenvalue weighted by Crippen LogP contribution is -2.38. The van der Waals surface area contributed by atoms with Crippen LogP contribution in [0, 0.1) is 13.8 Å². The lowest BCUT2D eigenvalue weighted by Gasteiger charge is -2.31. The lowest BCUT2D eigenvalue weighted by atomic mass is 10.0. The fourth-order valence-corrected chi connectivity index (χ4v) is 4.46. The predicted octanol–water partition coefficient (Wildman–Crippen LogP) is 5.21. The Hall–Kier alpha value is -2.73. The van der Waals surface area contributed by atoms with Crippen LogP contribution in [0.25, 0.3) is 5.69 Å². The summed E-state index contributed by atoms with van der Waals surface area (Å²) in [5.41, 5.74) is 3.94. The van der Waals surface area contributed by atoms with E-state index in [1.807, 2.05) is 54.9 Å². The van der Waals surface area contributed by atoms with E-state index in [1.165, 1.54) is 0 Å². The van der Waals surface area contributed by atoms with Crippen molar-refractivity contribution < 1.29 is 9.47 Å². The zero-order valence-electron chi connectivity index (χ0n) is 15.2. The Morgan fingerprint density at radius 3 is 2.67 bits per heavy atom. The number of benzene rings is 2. The Labute approximate surface area is 165 Å². The third-order valence-electron chi connectivity index (χ3n) is 4.83. The molecule has 1 aromatic heterocycles. The van der Waals surface area contributed by atoms with Crippen LogP contribution in [0.4, 0.5) is 5.69 Å². The Balaban J connectivity index is 1.71. The number of aromatic nitrogens is 2. The van der Waals surface area contributed by atoms with Crippen LogP contribution in [0.5, 0.6) is 11.6 Å². The molecule has 0 amide bonds. The highest BCUT2D eigenvalue weighted by Crippen LogP contribution is 2.52. The van der Waals surface area contributed by atoms with Gasteiger partial charge in [-0.15, -0.1) is 0 Å². The average Bonchev–Trinajstić information content (AvgIpc) is 3.14. The SMILES string of the molecule is CC1=CC2(Nc3cc(C)cc(Br)c3O2)c2c(C)nn(-c3ccccc3)c2O1. The monoisotopic (exact) mass is 423 g/mol. The second-order valence-electron chi connectivity index (χ2n) is 6.96. The van der Waals surface area contributed by atoms with Gasteiger partial charge in [0.1, 0.15) is 11.3 Å². The molecule has 0 fully saturated rings. The summed E-state index contributed by atoms with van der Waals surface area (Å²) < 4.78 is 15.3. The molecule has 0 bridgehead atoms. The molecule has 2 aliphatic rings. The number of hydrogen-bond acceptors (Lipinski definition) is 4. The maximum Gasteiger partial charge on any atom is 0.237 e. The molecule has 0 saturated heterocycles. The van der Waals surface area contributed by atoms with E-state index in [1.54, 1.807) is 0 Å². The van der Waals surface area contributed by atoms with Crippen LogP contribution in [0.3, 0.4) is 0 Å². The van der Waals surface area contributed by atoms with Crippen molar-refractivity contribution >= 4 is 21.6 Å². The van der Waals surface area contributed by atoms with E-state index in [-0.39, 0.29) is 0 Å². The number of allylic oxidation sites excluding steroid dienone is 1. The molecule has 3 heterocycles. The first-order chi connectivity index (χ1) is 13.0. The summed E-state index contributed by atoms with van der Waals surface area (Å²) in [6, 6.07) is 14.1. The number of para-hydroxylation sites is 1. The molecular weight excluding hydrogens is 406 g/mol. The van der Waals surface area contributed by atoms with Crippen LogP contribution in [-0.2, 0) is 5.72 Å². The van der Waals surface area contributed by atoms with E-state index in [9.17, 15) is 0 Å². The summed E-state index contributed by atoms with van der Waals surface area (Å²) in [7, 11) is 0. The molecule has 2 aliphatic heterocycles. The summed E-state index contributed by atoms with van der Waals surface area (Å²) in [4.78, 5) is 0. The number of ether oxygens (including phenoxy) is 2. The van der Waals surface area contributed by atoms with Gasteiger partial charge in [0.15, 0.2) is 5.75 Å². The molecule has 2 aromatic carbocycles. The molecule has 0 radical (unpaired) electrons. The molecule has 1 spiro atoms. The minimum Gasteiger partial charge on any atom is -0.456 e. The molecule has 27 heavy (non-hydrogen) atoms. The van der Waals surface area contributed by atoms with E-state index >= 15 is 0 Å². The number of rotatable bonds is 1. The quantitative estimate of drug-likeness (QED) is 0.583. The Morgan fingerprint density at radius 1 is 1.11 bits per heavy atom. The van der Waals surface area contributed by atoms with E-state index in [2.05, 4.69) is 40.3 Å². The first kappa shape index (κ1) is 16.4. The largest absolute Gasteiger partial charge is 0.456 e. The van der Waals surface area contributed by atoms with Crippen molar-refractivity contribution in [2.75, 3.05) is 5.32 Å². The topological polar surface area (TPSA) is 48.3 Å². The van der Waals surface area contributed by atoms with E-state index in [0.717, 1.165) is 44.2 Å². The molecule has 5 nitrogen and oxygen atoms in total. The molecule has 1 atom stereocenters. The van der Waals surface area contributed by atoms with Gasteiger partial charge in [-0.2, -0.15) is 5.10 Å². The fourth-order valence-electron chi connectivity index (χ4n) is 3.80. The van der Waals surface area contributed by atoms with Gasteiger partial charge in [-0.3, -0.25) is 0 Å². The van der Waals surface area contributed by atoms with Crippen LogP contribution in [-0.4, -0.2) is 9.78 Å². The molecule has 6 heteroatoms. The second-order valence-corrected chi connectivity index (χ2v) is 7.81. The van der Waals surface area contributed by atoms with Gasteiger partial charge in [-0.05, 0) is 66.5 Å². The molecule has 0 saturated carbocycles. The average molecular weight is 424 g/mol. The first-order valence-electron chi connectivity index (χ1n) is 8.77. The van der Waals surface area contributed by atoms with Crippen molar-refractivity contribution in [3.63, 3.8) is 0 Å². The highest BCUT2D eigenvalue weighted by molar-refractivity contribution is 9.10. The number of hydrogen-bond donors (Lipinski definition) is 1. The minimum absolute atomic E-state index is 0.673. The lowest BCUT2D eigenvalue weighted by molar-refractivity contribution is 0.152. The maximum absolute atomic E-state index is 6.48. The summed E-state index contributed by atoms with van der Waals surface area (Å²) in [5, 5.41) is 8.31. The smallest absolute Gasteiger partial charge is 0.237 e. The van der Waals surface area contributed by atoms with Gasteiger partial charge in [-0.1, -0.05) is 18.2 Å². The van der Waals surface area contributed by atoms with Gasteiger partial charge in [0.05, 0.1) is 21.5 Å². The molecule has 1 unspecified atom stereocenters. The third-order valence-corrected chi connectivity index (χ3v) is 5.41. The number of anilines is 1. The van der Waals surface area contributed by atoms with Crippen molar-refractivity contribution in [3.8, 4) is 17.3 Å². The van der Waals surface area contributed by atoms with E-state index in [4.69, 9.17) is 14.6 Å². The predicted molar refractivity (Wildman–Crippen MR) is 107 cm³/mol. The summed E-state index contributed by atoms with van der Waals surface area (Å²) in [6.45, 7) is 5.97. The molecule has 1 N–H and O–H groups in total.